The zero-order valence-electron chi connectivity index (χ0n) is 10.6. The standard InChI is InChI=1S/C13H18FNO2/c1-8-5-6-9(7-10(8)14)11(15)13(2,3)12(16)17-4/h5-7,11H,15H2,1-4H3/t11-/m0/s1. The number of nitrogens with two attached hydrogens (primary N) is 1. The summed E-state index contributed by atoms with van der Waals surface area (Å²) in [6.07, 6.45) is 0. The molecule has 4 heteroatoms. The van der Waals surface area contributed by atoms with Crippen molar-refractivity contribution in [3.05, 3.63) is 35.1 Å². The number of ether oxygens (including phenoxy) is 1. The van der Waals surface area contributed by atoms with Gasteiger partial charge in [-0.1, -0.05) is 12.1 Å². The summed E-state index contributed by atoms with van der Waals surface area (Å²) in [5.41, 5.74) is 6.25. The molecule has 3 nitrogen and oxygen atoms in total. The quantitative estimate of drug-likeness (QED) is 0.824. The van der Waals surface area contributed by atoms with Crippen LogP contribution in [0.15, 0.2) is 18.2 Å². The maximum Gasteiger partial charge on any atom is 0.313 e. The third-order valence-electron chi connectivity index (χ3n) is 3.04. The van der Waals surface area contributed by atoms with Gasteiger partial charge in [0.05, 0.1) is 12.5 Å². The van der Waals surface area contributed by atoms with E-state index < -0.39 is 17.4 Å². The number of hydrogen-bond donors (Lipinski definition) is 1. The summed E-state index contributed by atoms with van der Waals surface area (Å²) >= 11 is 0. The average molecular weight is 239 g/mol. The molecule has 1 rings (SSSR count). The molecular formula is C13H18FNO2. The van der Waals surface area contributed by atoms with Gasteiger partial charge in [0.15, 0.2) is 0 Å². The van der Waals surface area contributed by atoms with E-state index in [2.05, 4.69) is 0 Å². The fourth-order valence-electron chi connectivity index (χ4n) is 1.61. The molecule has 1 aromatic carbocycles. The van der Waals surface area contributed by atoms with E-state index in [0.29, 0.717) is 11.1 Å². The second-order valence-corrected chi connectivity index (χ2v) is 4.70. The topological polar surface area (TPSA) is 52.3 Å². The molecule has 0 fully saturated rings. The number of rotatable bonds is 3. The highest BCUT2D eigenvalue weighted by Crippen LogP contribution is 2.32. The first-order chi connectivity index (χ1) is 7.80. The van der Waals surface area contributed by atoms with Gasteiger partial charge in [0.2, 0.25) is 0 Å². The maximum atomic E-state index is 13.4. The van der Waals surface area contributed by atoms with Gasteiger partial charge < -0.3 is 10.5 Å². The summed E-state index contributed by atoms with van der Waals surface area (Å²) in [4.78, 5) is 11.6. The average Bonchev–Trinajstić information content (AvgIpc) is 2.30. The van der Waals surface area contributed by atoms with Crippen molar-refractivity contribution in [2.75, 3.05) is 7.11 Å². The van der Waals surface area contributed by atoms with Crippen molar-refractivity contribution in [2.24, 2.45) is 11.1 Å². The van der Waals surface area contributed by atoms with E-state index >= 15 is 0 Å². The lowest BCUT2D eigenvalue weighted by Gasteiger charge is -2.29. The minimum atomic E-state index is -0.892. The monoisotopic (exact) mass is 239 g/mol. The van der Waals surface area contributed by atoms with E-state index in [0.717, 1.165) is 0 Å². The van der Waals surface area contributed by atoms with Gasteiger partial charge in [0.1, 0.15) is 5.82 Å². The van der Waals surface area contributed by atoms with Crippen LogP contribution in [0.1, 0.15) is 31.0 Å². The van der Waals surface area contributed by atoms with Crippen molar-refractivity contribution < 1.29 is 13.9 Å². The van der Waals surface area contributed by atoms with Gasteiger partial charge in [-0.3, -0.25) is 4.79 Å². The summed E-state index contributed by atoms with van der Waals surface area (Å²) in [6.45, 7) is 5.04. The number of methoxy groups -OCH3 is 1. The highest BCUT2D eigenvalue weighted by molar-refractivity contribution is 5.77. The van der Waals surface area contributed by atoms with E-state index in [1.807, 2.05) is 0 Å². The Morgan fingerprint density at radius 1 is 1.47 bits per heavy atom. The van der Waals surface area contributed by atoms with Gasteiger partial charge in [0, 0.05) is 6.04 Å². The lowest BCUT2D eigenvalue weighted by molar-refractivity contribution is -0.152. The van der Waals surface area contributed by atoms with Crippen LogP contribution in [-0.4, -0.2) is 13.1 Å². The first kappa shape index (κ1) is 13.6. The largest absolute Gasteiger partial charge is 0.469 e. The summed E-state index contributed by atoms with van der Waals surface area (Å²) in [6, 6.07) is 4.14. The molecule has 0 aliphatic rings. The zero-order chi connectivity index (χ0) is 13.2. The van der Waals surface area contributed by atoms with Crippen LogP contribution >= 0.6 is 0 Å². The van der Waals surface area contributed by atoms with Crippen LogP contribution in [-0.2, 0) is 9.53 Å². The van der Waals surface area contributed by atoms with E-state index in [9.17, 15) is 9.18 Å². The SMILES string of the molecule is COC(=O)C(C)(C)[C@@H](N)c1ccc(C)c(F)c1. The summed E-state index contributed by atoms with van der Waals surface area (Å²) < 4.78 is 18.1. The van der Waals surface area contributed by atoms with Crippen LogP contribution in [0.5, 0.6) is 0 Å². The molecule has 0 saturated heterocycles. The molecule has 0 amide bonds. The van der Waals surface area contributed by atoms with Crippen molar-refractivity contribution in [2.45, 2.75) is 26.8 Å². The second kappa shape index (κ2) is 4.84. The minimum Gasteiger partial charge on any atom is -0.469 e. The normalized spacial score (nSPS) is 13.3. The highest BCUT2D eigenvalue weighted by atomic mass is 19.1. The van der Waals surface area contributed by atoms with Crippen molar-refractivity contribution >= 4 is 5.97 Å². The molecule has 0 aliphatic heterocycles. The Morgan fingerprint density at radius 2 is 2.06 bits per heavy atom. The van der Waals surface area contributed by atoms with E-state index in [4.69, 9.17) is 10.5 Å². The van der Waals surface area contributed by atoms with Gasteiger partial charge in [-0.15, -0.1) is 0 Å². The molecule has 0 aliphatic carbocycles. The number of carbonyl (C=O) groups is 1. The second-order valence-electron chi connectivity index (χ2n) is 4.70. The number of hydrogen-bond acceptors (Lipinski definition) is 3. The smallest absolute Gasteiger partial charge is 0.313 e. The van der Waals surface area contributed by atoms with Crippen molar-refractivity contribution in [1.29, 1.82) is 0 Å². The van der Waals surface area contributed by atoms with Gasteiger partial charge in [0.25, 0.3) is 0 Å². The fraction of sp³-hybridized carbons (Fsp3) is 0.462. The summed E-state index contributed by atoms with van der Waals surface area (Å²) in [5, 5.41) is 0. The van der Waals surface area contributed by atoms with Gasteiger partial charge in [-0.25, -0.2) is 4.39 Å². The Kier molecular flexibility index (Phi) is 3.88. The van der Waals surface area contributed by atoms with E-state index in [1.54, 1.807) is 32.9 Å². The molecule has 94 valence electrons. The molecule has 0 unspecified atom stereocenters. The Bertz CT molecular complexity index is 429. The number of benzene rings is 1. The van der Waals surface area contributed by atoms with E-state index in [1.165, 1.54) is 13.2 Å². The summed E-state index contributed by atoms with van der Waals surface area (Å²) in [7, 11) is 1.31. The van der Waals surface area contributed by atoms with Crippen LogP contribution in [0.4, 0.5) is 4.39 Å². The predicted octanol–water partition coefficient (Wildman–Crippen LogP) is 2.33. The fourth-order valence-corrected chi connectivity index (χ4v) is 1.61. The van der Waals surface area contributed by atoms with Crippen LogP contribution in [0.2, 0.25) is 0 Å². The molecule has 17 heavy (non-hydrogen) atoms. The molecule has 1 aromatic rings. The van der Waals surface area contributed by atoms with Gasteiger partial charge >= 0.3 is 5.97 Å². The molecule has 0 radical (unpaired) electrons. The van der Waals surface area contributed by atoms with Crippen LogP contribution in [0.25, 0.3) is 0 Å². The Morgan fingerprint density at radius 3 is 2.53 bits per heavy atom. The van der Waals surface area contributed by atoms with Gasteiger partial charge in [-0.2, -0.15) is 0 Å². The number of aryl methyl sites for hydroxylation is 1. The number of carbonyl (C=O) groups excluding carboxylic acids is 1. The molecule has 0 heterocycles. The maximum absolute atomic E-state index is 13.4. The molecule has 0 aromatic heterocycles. The molecule has 2 N–H and O–H groups in total. The molecule has 0 saturated carbocycles. The lowest BCUT2D eigenvalue weighted by atomic mass is 9.81. The predicted molar refractivity (Wildman–Crippen MR) is 63.9 cm³/mol. The van der Waals surface area contributed by atoms with Crippen LogP contribution < -0.4 is 5.73 Å². The lowest BCUT2D eigenvalue weighted by Crippen LogP contribution is -2.37. The van der Waals surface area contributed by atoms with E-state index in [-0.39, 0.29) is 5.82 Å². The number of esters is 1. The van der Waals surface area contributed by atoms with Crippen molar-refractivity contribution in [3.8, 4) is 0 Å². The third-order valence-corrected chi connectivity index (χ3v) is 3.04. The first-order valence-corrected chi connectivity index (χ1v) is 5.40. The minimum absolute atomic E-state index is 0.321. The Labute approximate surface area is 101 Å². The van der Waals surface area contributed by atoms with Crippen molar-refractivity contribution in [1.82, 2.24) is 0 Å². The Balaban J connectivity index is 3.07. The third kappa shape index (κ3) is 2.64. The molecular weight excluding hydrogens is 221 g/mol. The van der Waals surface area contributed by atoms with Crippen LogP contribution in [0.3, 0.4) is 0 Å². The molecule has 0 spiro atoms. The van der Waals surface area contributed by atoms with Crippen LogP contribution in [0, 0.1) is 18.2 Å². The zero-order valence-corrected chi connectivity index (χ0v) is 10.6. The summed E-state index contributed by atoms with van der Waals surface area (Å²) in [5.74, 6) is -0.732. The molecule has 1 atom stereocenters. The number of halogens is 1. The molecule has 0 bridgehead atoms. The highest BCUT2D eigenvalue weighted by Gasteiger charge is 2.36. The van der Waals surface area contributed by atoms with Crippen molar-refractivity contribution in [3.63, 3.8) is 0 Å². The Hall–Kier alpha value is -1.42. The van der Waals surface area contributed by atoms with Gasteiger partial charge in [-0.05, 0) is 38.0 Å². The first-order valence-electron chi connectivity index (χ1n) is 5.40.